The lowest BCUT2D eigenvalue weighted by Crippen LogP contribution is -2.45. The van der Waals surface area contributed by atoms with Gasteiger partial charge in [0, 0.05) is 19.0 Å². The highest BCUT2D eigenvalue weighted by Gasteiger charge is 2.36. The molecular formula is C11H23N3O5S2. The minimum Gasteiger partial charge on any atom is -0.409 e. The Bertz CT molecular complexity index is 571. The Morgan fingerprint density at radius 1 is 1.43 bits per heavy atom. The lowest BCUT2D eigenvalue weighted by Gasteiger charge is -2.30. The topological polar surface area (TPSA) is 130 Å². The molecule has 0 radical (unpaired) electrons. The van der Waals surface area contributed by atoms with Crippen molar-refractivity contribution in [3.63, 3.8) is 0 Å². The summed E-state index contributed by atoms with van der Waals surface area (Å²) in [4.78, 5) is 0. The summed E-state index contributed by atoms with van der Waals surface area (Å²) in [5.41, 5.74) is 5.48. The van der Waals surface area contributed by atoms with Crippen molar-refractivity contribution in [1.29, 1.82) is 0 Å². The molecule has 1 unspecified atom stereocenters. The zero-order valence-corrected chi connectivity index (χ0v) is 13.9. The molecule has 3 N–H and O–H groups in total. The van der Waals surface area contributed by atoms with Crippen molar-refractivity contribution in [3.8, 4) is 0 Å². The van der Waals surface area contributed by atoms with Crippen LogP contribution in [0.15, 0.2) is 5.16 Å². The lowest BCUT2D eigenvalue weighted by atomic mass is 10.1. The van der Waals surface area contributed by atoms with Crippen LogP contribution >= 0.6 is 0 Å². The molecule has 1 atom stereocenters. The third-order valence-corrected chi connectivity index (χ3v) is 7.89. The number of nitrogens with zero attached hydrogens (tertiary/aromatic N) is 2. The molecular weight excluding hydrogens is 318 g/mol. The van der Waals surface area contributed by atoms with Gasteiger partial charge in [-0.25, -0.2) is 21.1 Å². The van der Waals surface area contributed by atoms with E-state index in [1.54, 1.807) is 13.8 Å². The van der Waals surface area contributed by atoms with E-state index in [1.165, 1.54) is 4.31 Å². The minimum absolute atomic E-state index is 0.0325. The molecule has 0 spiro atoms. The van der Waals surface area contributed by atoms with Gasteiger partial charge in [0.1, 0.15) is 15.7 Å². The summed E-state index contributed by atoms with van der Waals surface area (Å²) in [5, 5.41) is 10.8. The quantitative estimate of drug-likeness (QED) is 0.292. The predicted molar refractivity (Wildman–Crippen MR) is 80.4 cm³/mol. The van der Waals surface area contributed by atoms with Gasteiger partial charge in [0.05, 0.1) is 16.8 Å². The summed E-state index contributed by atoms with van der Waals surface area (Å²) >= 11 is 0. The van der Waals surface area contributed by atoms with E-state index in [-0.39, 0.29) is 43.3 Å². The van der Waals surface area contributed by atoms with Crippen molar-refractivity contribution < 1.29 is 22.0 Å². The highest BCUT2D eigenvalue weighted by atomic mass is 32.2. The SMILES string of the molecule is CCN(CC(C)C(N)=NO)S(=O)(=O)C1CCS(=O)(=O)CC1. The van der Waals surface area contributed by atoms with Gasteiger partial charge in [-0.05, 0) is 12.8 Å². The van der Waals surface area contributed by atoms with E-state index < -0.39 is 31.0 Å². The molecule has 1 rings (SSSR count). The molecule has 1 aliphatic heterocycles. The highest BCUT2D eigenvalue weighted by Crippen LogP contribution is 2.23. The van der Waals surface area contributed by atoms with Crippen molar-refractivity contribution in [2.24, 2.45) is 16.8 Å². The number of oxime groups is 1. The largest absolute Gasteiger partial charge is 0.409 e. The highest BCUT2D eigenvalue weighted by molar-refractivity contribution is 7.92. The van der Waals surface area contributed by atoms with Gasteiger partial charge in [-0.15, -0.1) is 0 Å². The number of sulfone groups is 1. The Morgan fingerprint density at radius 2 is 1.95 bits per heavy atom. The van der Waals surface area contributed by atoms with Gasteiger partial charge in [0.25, 0.3) is 0 Å². The molecule has 1 fully saturated rings. The standard InChI is InChI=1S/C11H23N3O5S2/c1-3-14(8-9(2)11(12)13-15)21(18,19)10-4-6-20(16,17)7-5-10/h9-10,15H,3-8H2,1-2H3,(H2,12,13). The summed E-state index contributed by atoms with van der Waals surface area (Å²) in [6.07, 6.45) is 0.248. The maximum atomic E-state index is 12.6. The van der Waals surface area contributed by atoms with Crippen LogP contribution in [0.25, 0.3) is 0 Å². The molecule has 0 aromatic carbocycles. The van der Waals surface area contributed by atoms with Crippen LogP contribution in [0.2, 0.25) is 0 Å². The zero-order chi connectivity index (χ0) is 16.3. The first-order chi connectivity index (χ1) is 9.64. The summed E-state index contributed by atoms with van der Waals surface area (Å²) in [6, 6.07) is 0. The van der Waals surface area contributed by atoms with E-state index in [0.29, 0.717) is 0 Å². The average molecular weight is 341 g/mol. The molecule has 1 aliphatic rings. The Balaban J connectivity index is 2.84. The fourth-order valence-electron chi connectivity index (χ4n) is 2.29. The third kappa shape index (κ3) is 4.55. The predicted octanol–water partition coefficient (Wildman–Crippen LogP) is -0.402. The molecule has 0 aliphatic carbocycles. The van der Waals surface area contributed by atoms with Gasteiger partial charge in [-0.2, -0.15) is 0 Å². The second-order valence-corrected chi connectivity index (χ2v) is 9.79. The summed E-state index contributed by atoms with van der Waals surface area (Å²) in [7, 11) is -6.69. The van der Waals surface area contributed by atoms with Crippen molar-refractivity contribution in [2.45, 2.75) is 31.9 Å². The van der Waals surface area contributed by atoms with E-state index in [1.807, 2.05) is 0 Å². The first-order valence-electron chi connectivity index (χ1n) is 6.80. The Kier molecular flexibility index (Phi) is 6.00. The maximum Gasteiger partial charge on any atom is 0.217 e. The number of nitrogens with two attached hydrogens (primary N) is 1. The molecule has 8 nitrogen and oxygen atoms in total. The van der Waals surface area contributed by atoms with E-state index in [9.17, 15) is 16.8 Å². The van der Waals surface area contributed by atoms with Gasteiger partial charge in [0.2, 0.25) is 10.0 Å². The van der Waals surface area contributed by atoms with Crippen LogP contribution < -0.4 is 5.73 Å². The number of amidine groups is 1. The second kappa shape index (κ2) is 6.93. The van der Waals surface area contributed by atoms with Crippen LogP contribution in [0.5, 0.6) is 0 Å². The van der Waals surface area contributed by atoms with Crippen molar-refractivity contribution in [1.82, 2.24) is 4.31 Å². The van der Waals surface area contributed by atoms with Crippen LogP contribution in [-0.2, 0) is 19.9 Å². The molecule has 0 bridgehead atoms. The Morgan fingerprint density at radius 3 is 2.38 bits per heavy atom. The van der Waals surface area contributed by atoms with Crippen LogP contribution in [0.3, 0.4) is 0 Å². The van der Waals surface area contributed by atoms with Gasteiger partial charge < -0.3 is 10.9 Å². The Labute approximate surface area is 126 Å². The summed E-state index contributed by atoms with van der Waals surface area (Å²) in [5.74, 6) is -0.638. The van der Waals surface area contributed by atoms with Crippen LogP contribution in [0, 0.1) is 5.92 Å². The molecule has 1 heterocycles. The zero-order valence-electron chi connectivity index (χ0n) is 12.3. The van der Waals surface area contributed by atoms with Crippen molar-refractivity contribution in [2.75, 3.05) is 24.6 Å². The van der Waals surface area contributed by atoms with Gasteiger partial charge in [0.15, 0.2) is 0 Å². The molecule has 1 saturated heterocycles. The van der Waals surface area contributed by atoms with E-state index in [2.05, 4.69) is 5.16 Å². The molecule has 124 valence electrons. The molecule has 21 heavy (non-hydrogen) atoms. The van der Waals surface area contributed by atoms with Crippen molar-refractivity contribution >= 4 is 25.7 Å². The van der Waals surface area contributed by atoms with E-state index >= 15 is 0 Å². The fraction of sp³-hybridized carbons (Fsp3) is 0.909. The van der Waals surface area contributed by atoms with Gasteiger partial charge in [-0.3, -0.25) is 0 Å². The van der Waals surface area contributed by atoms with Crippen molar-refractivity contribution in [3.05, 3.63) is 0 Å². The first-order valence-corrected chi connectivity index (χ1v) is 10.1. The number of hydrogen-bond donors (Lipinski definition) is 2. The average Bonchev–Trinajstić information content (AvgIpc) is 2.42. The van der Waals surface area contributed by atoms with E-state index in [0.717, 1.165) is 0 Å². The molecule has 0 aromatic rings. The van der Waals surface area contributed by atoms with Crippen LogP contribution in [0.4, 0.5) is 0 Å². The molecule has 0 saturated carbocycles. The fourth-order valence-corrected chi connectivity index (χ4v) is 6.12. The third-order valence-electron chi connectivity index (χ3n) is 3.73. The first kappa shape index (κ1) is 18.2. The van der Waals surface area contributed by atoms with Crippen LogP contribution in [0.1, 0.15) is 26.7 Å². The smallest absolute Gasteiger partial charge is 0.217 e. The second-order valence-electron chi connectivity index (χ2n) is 5.27. The number of sulfonamides is 1. The lowest BCUT2D eigenvalue weighted by molar-refractivity contribution is 0.311. The summed E-state index contributed by atoms with van der Waals surface area (Å²) < 4.78 is 49.2. The summed E-state index contributed by atoms with van der Waals surface area (Å²) in [6.45, 7) is 3.74. The maximum absolute atomic E-state index is 12.6. The Hall–Kier alpha value is -0.870. The number of rotatable bonds is 6. The van der Waals surface area contributed by atoms with Gasteiger partial charge in [-0.1, -0.05) is 19.0 Å². The normalized spacial score (nSPS) is 22.3. The molecule has 0 amide bonds. The molecule has 10 heteroatoms. The number of hydrogen-bond acceptors (Lipinski definition) is 6. The molecule has 0 aromatic heterocycles. The van der Waals surface area contributed by atoms with Gasteiger partial charge >= 0.3 is 0 Å². The monoisotopic (exact) mass is 341 g/mol. The van der Waals surface area contributed by atoms with Crippen LogP contribution in [-0.4, -0.2) is 62.0 Å². The minimum atomic E-state index is -3.58. The van der Waals surface area contributed by atoms with E-state index in [4.69, 9.17) is 10.9 Å².